The molecule has 33 heavy (non-hydrogen) atoms. The summed E-state index contributed by atoms with van der Waals surface area (Å²) in [5.74, 6) is 1.07. The minimum absolute atomic E-state index is 0.0178. The number of nitrogens with zero attached hydrogens (tertiary/aromatic N) is 2. The van der Waals surface area contributed by atoms with Gasteiger partial charge in [-0.05, 0) is 42.3 Å². The van der Waals surface area contributed by atoms with Crippen molar-refractivity contribution < 1.29 is 14.3 Å². The molecule has 0 unspecified atom stereocenters. The van der Waals surface area contributed by atoms with Crippen molar-refractivity contribution in [2.75, 3.05) is 26.4 Å². The highest BCUT2D eigenvalue weighted by Gasteiger charge is 2.19. The standard InChI is InChI=1S/C27H30N2O3S/c1-4-29(27(31)24-12-8-9-13-25(24)33-20-26(30)28(2)3)18-21-14-16-23(17-15-21)32-19-22-10-6-5-7-11-22/h5-17H,4,18-20H2,1-3H3. The van der Waals surface area contributed by atoms with Crippen molar-refractivity contribution in [1.29, 1.82) is 0 Å². The number of carbonyl (C=O) groups is 2. The Morgan fingerprint density at radius 3 is 2.18 bits per heavy atom. The van der Waals surface area contributed by atoms with Gasteiger partial charge in [-0.25, -0.2) is 0 Å². The molecule has 3 aromatic rings. The second-order valence-electron chi connectivity index (χ2n) is 7.81. The van der Waals surface area contributed by atoms with Gasteiger partial charge in [0, 0.05) is 32.1 Å². The van der Waals surface area contributed by atoms with Gasteiger partial charge in [-0.15, -0.1) is 11.8 Å². The Balaban J connectivity index is 1.63. The van der Waals surface area contributed by atoms with E-state index in [1.165, 1.54) is 11.8 Å². The van der Waals surface area contributed by atoms with E-state index in [0.29, 0.717) is 31.0 Å². The minimum atomic E-state index is -0.0395. The highest BCUT2D eigenvalue weighted by Crippen LogP contribution is 2.25. The van der Waals surface area contributed by atoms with Gasteiger partial charge in [0.15, 0.2) is 0 Å². The second-order valence-corrected chi connectivity index (χ2v) is 8.83. The van der Waals surface area contributed by atoms with Crippen LogP contribution in [-0.4, -0.2) is 48.0 Å². The summed E-state index contributed by atoms with van der Waals surface area (Å²) in [6, 6.07) is 25.4. The zero-order chi connectivity index (χ0) is 23.6. The maximum atomic E-state index is 13.3. The molecule has 0 N–H and O–H groups in total. The molecule has 5 nitrogen and oxygen atoms in total. The third-order valence-electron chi connectivity index (χ3n) is 5.18. The molecule has 0 spiro atoms. The summed E-state index contributed by atoms with van der Waals surface area (Å²) < 4.78 is 5.86. The fourth-order valence-electron chi connectivity index (χ4n) is 3.19. The van der Waals surface area contributed by atoms with E-state index in [0.717, 1.165) is 21.8 Å². The van der Waals surface area contributed by atoms with Gasteiger partial charge in [0.2, 0.25) is 5.91 Å². The summed E-state index contributed by atoms with van der Waals surface area (Å²) in [6.07, 6.45) is 0. The number of ether oxygens (including phenoxy) is 1. The number of hydrogen-bond acceptors (Lipinski definition) is 4. The number of carbonyl (C=O) groups excluding carboxylic acids is 2. The van der Waals surface area contributed by atoms with Crippen LogP contribution in [-0.2, 0) is 17.9 Å². The molecule has 2 amide bonds. The van der Waals surface area contributed by atoms with Gasteiger partial charge in [0.1, 0.15) is 12.4 Å². The molecule has 3 rings (SSSR count). The van der Waals surface area contributed by atoms with E-state index in [2.05, 4.69) is 0 Å². The Labute approximate surface area is 200 Å². The normalized spacial score (nSPS) is 10.5. The molecule has 3 aromatic carbocycles. The molecule has 0 aromatic heterocycles. The molecule has 0 aliphatic heterocycles. The molecule has 172 valence electrons. The second kappa shape index (κ2) is 12.1. The largest absolute Gasteiger partial charge is 0.489 e. The van der Waals surface area contributed by atoms with Crippen molar-refractivity contribution in [2.24, 2.45) is 0 Å². The molecule has 0 bridgehead atoms. The number of thioether (sulfide) groups is 1. The van der Waals surface area contributed by atoms with Crippen LogP contribution in [0.5, 0.6) is 5.75 Å². The van der Waals surface area contributed by atoms with E-state index < -0.39 is 0 Å². The molecule has 0 fully saturated rings. The molecule has 0 aliphatic carbocycles. The predicted octanol–water partition coefficient (Wildman–Crippen LogP) is 5.11. The number of amides is 2. The Bertz CT molecular complexity index is 1050. The number of rotatable bonds is 10. The zero-order valence-electron chi connectivity index (χ0n) is 19.4. The first-order valence-corrected chi connectivity index (χ1v) is 11.9. The van der Waals surface area contributed by atoms with Gasteiger partial charge in [-0.2, -0.15) is 0 Å². The van der Waals surface area contributed by atoms with Crippen molar-refractivity contribution in [1.82, 2.24) is 9.80 Å². The van der Waals surface area contributed by atoms with Gasteiger partial charge in [-0.1, -0.05) is 54.6 Å². The highest BCUT2D eigenvalue weighted by molar-refractivity contribution is 8.00. The SMILES string of the molecule is CCN(Cc1ccc(OCc2ccccc2)cc1)C(=O)c1ccccc1SCC(=O)N(C)C. The van der Waals surface area contributed by atoms with Crippen molar-refractivity contribution in [2.45, 2.75) is 25.0 Å². The van der Waals surface area contributed by atoms with Crippen molar-refractivity contribution in [3.8, 4) is 5.75 Å². The first kappa shape index (κ1) is 24.4. The van der Waals surface area contributed by atoms with Gasteiger partial charge >= 0.3 is 0 Å². The molecule has 0 atom stereocenters. The van der Waals surface area contributed by atoms with Crippen molar-refractivity contribution in [3.05, 3.63) is 95.6 Å². The van der Waals surface area contributed by atoms with Crippen LogP contribution in [0.4, 0.5) is 0 Å². The highest BCUT2D eigenvalue weighted by atomic mass is 32.2. The quantitative estimate of drug-likeness (QED) is 0.393. The van der Waals surface area contributed by atoms with Crippen LogP contribution in [0.2, 0.25) is 0 Å². The van der Waals surface area contributed by atoms with Gasteiger partial charge in [0.25, 0.3) is 5.91 Å². The van der Waals surface area contributed by atoms with E-state index in [-0.39, 0.29) is 11.8 Å². The predicted molar refractivity (Wildman–Crippen MR) is 133 cm³/mol. The average molecular weight is 463 g/mol. The molecule has 6 heteroatoms. The lowest BCUT2D eigenvalue weighted by Gasteiger charge is -2.22. The summed E-state index contributed by atoms with van der Waals surface area (Å²) >= 11 is 1.40. The molecule has 0 heterocycles. The third-order valence-corrected chi connectivity index (χ3v) is 6.24. The maximum absolute atomic E-state index is 13.3. The molecule has 0 aliphatic rings. The lowest BCUT2D eigenvalue weighted by Crippen LogP contribution is -2.30. The van der Waals surface area contributed by atoms with Crippen LogP contribution >= 0.6 is 11.8 Å². The van der Waals surface area contributed by atoms with Crippen molar-refractivity contribution in [3.63, 3.8) is 0 Å². The summed E-state index contributed by atoms with van der Waals surface area (Å²) in [5, 5.41) is 0. The first-order chi connectivity index (χ1) is 16.0. The molecule has 0 saturated carbocycles. The van der Waals surface area contributed by atoms with Gasteiger partial charge < -0.3 is 14.5 Å². The van der Waals surface area contributed by atoms with Gasteiger partial charge in [0.05, 0.1) is 11.3 Å². The van der Waals surface area contributed by atoms with E-state index in [1.54, 1.807) is 19.0 Å². The zero-order valence-corrected chi connectivity index (χ0v) is 20.2. The van der Waals surface area contributed by atoms with E-state index in [1.807, 2.05) is 90.7 Å². The number of hydrogen-bond donors (Lipinski definition) is 0. The smallest absolute Gasteiger partial charge is 0.255 e. The van der Waals surface area contributed by atoms with Crippen molar-refractivity contribution >= 4 is 23.6 Å². The maximum Gasteiger partial charge on any atom is 0.255 e. The van der Waals surface area contributed by atoms with Crippen LogP contribution in [0.15, 0.2) is 83.8 Å². The third kappa shape index (κ3) is 7.12. The van der Waals surface area contributed by atoms with E-state index in [4.69, 9.17) is 4.74 Å². The van der Waals surface area contributed by atoms with Crippen LogP contribution in [0, 0.1) is 0 Å². The average Bonchev–Trinajstić information content (AvgIpc) is 2.85. The molecular weight excluding hydrogens is 432 g/mol. The molecule has 0 radical (unpaired) electrons. The molecular formula is C27H30N2O3S. The Kier molecular flexibility index (Phi) is 8.95. The van der Waals surface area contributed by atoms with E-state index in [9.17, 15) is 9.59 Å². The number of benzene rings is 3. The molecule has 0 saturated heterocycles. The van der Waals surface area contributed by atoms with Crippen LogP contribution in [0.3, 0.4) is 0 Å². The lowest BCUT2D eigenvalue weighted by molar-refractivity contribution is -0.125. The topological polar surface area (TPSA) is 49.9 Å². The summed E-state index contributed by atoms with van der Waals surface area (Å²) in [7, 11) is 3.47. The Morgan fingerprint density at radius 1 is 0.848 bits per heavy atom. The summed E-state index contributed by atoms with van der Waals surface area (Å²) in [4.78, 5) is 29.5. The monoisotopic (exact) mass is 462 g/mol. The lowest BCUT2D eigenvalue weighted by atomic mass is 10.1. The summed E-state index contributed by atoms with van der Waals surface area (Å²) in [5.41, 5.74) is 2.78. The minimum Gasteiger partial charge on any atom is -0.489 e. The fraction of sp³-hybridized carbons (Fsp3) is 0.259. The van der Waals surface area contributed by atoms with Crippen LogP contribution < -0.4 is 4.74 Å². The first-order valence-electron chi connectivity index (χ1n) is 10.9. The summed E-state index contributed by atoms with van der Waals surface area (Å²) in [6.45, 7) is 3.58. The Morgan fingerprint density at radius 2 is 1.52 bits per heavy atom. The van der Waals surface area contributed by atoms with E-state index >= 15 is 0 Å². The fourth-order valence-corrected chi connectivity index (χ4v) is 4.21. The van der Waals surface area contributed by atoms with Gasteiger partial charge in [-0.3, -0.25) is 9.59 Å². The van der Waals surface area contributed by atoms with Crippen LogP contribution in [0.1, 0.15) is 28.4 Å². The van der Waals surface area contributed by atoms with Crippen LogP contribution in [0.25, 0.3) is 0 Å². The Hall–Kier alpha value is -3.25.